The summed E-state index contributed by atoms with van der Waals surface area (Å²) in [7, 11) is 0. The third-order valence-electron chi connectivity index (χ3n) is 3.66. The molecule has 0 saturated carbocycles. The van der Waals surface area contributed by atoms with Gasteiger partial charge in [0.1, 0.15) is 11.6 Å². The predicted octanol–water partition coefficient (Wildman–Crippen LogP) is 2.56. The number of esters is 1. The van der Waals surface area contributed by atoms with Crippen molar-refractivity contribution in [3.8, 4) is 11.5 Å². The number of benzene rings is 2. The summed E-state index contributed by atoms with van der Waals surface area (Å²) in [5.74, 6) is -2.13. The minimum atomic E-state index is -1.14. The van der Waals surface area contributed by atoms with Crippen molar-refractivity contribution >= 4 is 11.9 Å². The minimum absolute atomic E-state index is 0.152. The molecule has 0 aliphatic carbocycles. The van der Waals surface area contributed by atoms with Crippen LogP contribution in [0.5, 0.6) is 11.5 Å². The Balaban J connectivity index is 1.55. The molecule has 0 aromatic heterocycles. The molecule has 0 saturated heterocycles. The zero-order valence-electron chi connectivity index (χ0n) is 13.8. The topological polar surface area (TPSA) is 73.9 Å². The summed E-state index contributed by atoms with van der Waals surface area (Å²) >= 11 is 0. The number of carbonyl (C=O) groups excluding carboxylic acids is 2. The second-order valence-corrected chi connectivity index (χ2v) is 5.61. The number of nitrogens with one attached hydrogen (secondary N) is 1. The minimum Gasteiger partial charge on any atom is -0.454 e. The average Bonchev–Trinajstić information content (AvgIpc) is 3.06. The van der Waals surface area contributed by atoms with E-state index in [4.69, 9.17) is 14.2 Å². The van der Waals surface area contributed by atoms with E-state index in [2.05, 4.69) is 5.32 Å². The van der Waals surface area contributed by atoms with Crippen LogP contribution in [0.15, 0.2) is 36.4 Å². The smallest absolute Gasteiger partial charge is 0.339 e. The zero-order valence-corrected chi connectivity index (χ0v) is 13.8. The summed E-state index contributed by atoms with van der Waals surface area (Å²) in [4.78, 5) is 24.0. The maximum absolute atomic E-state index is 13.1. The number of fused-ring (bicyclic) bond motifs is 1. The van der Waals surface area contributed by atoms with E-state index in [0.29, 0.717) is 17.6 Å². The highest BCUT2D eigenvalue weighted by Gasteiger charge is 2.20. The molecule has 1 unspecified atom stereocenters. The molecular weight excluding hydrogens is 348 g/mol. The quantitative estimate of drug-likeness (QED) is 0.827. The van der Waals surface area contributed by atoms with Crippen LogP contribution in [0, 0.1) is 11.6 Å². The largest absolute Gasteiger partial charge is 0.454 e. The molecule has 0 fully saturated rings. The summed E-state index contributed by atoms with van der Waals surface area (Å²) in [6.07, 6.45) is -1.14. The van der Waals surface area contributed by atoms with Crippen LogP contribution in [0.3, 0.4) is 0 Å². The Morgan fingerprint density at radius 1 is 1.12 bits per heavy atom. The van der Waals surface area contributed by atoms with Gasteiger partial charge in [-0.2, -0.15) is 0 Å². The first-order chi connectivity index (χ1) is 12.4. The van der Waals surface area contributed by atoms with Crippen molar-refractivity contribution in [1.29, 1.82) is 0 Å². The number of carbonyl (C=O) groups is 2. The molecule has 1 N–H and O–H groups in total. The van der Waals surface area contributed by atoms with Gasteiger partial charge in [0, 0.05) is 12.6 Å². The van der Waals surface area contributed by atoms with Crippen LogP contribution in [0.4, 0.5) is 8.78 Å². The first-order valence-corrected chi connectivity index (χ1v) is 7.75. The molecule has 1 heterocycles. The molecule has 0 bridgehead atoms. The third kappa shape index (κ3) is 4.08. The maximum Gasteiger partial charge on any atom is 0.339 e. The fourth-order valence-corrected chi connectivity index (χ4v) is 2.34. The van der Waals surface area contributed by atoms with E-state index in [1.807, 2.05) is 0 Å². The molecule has 1 aliphatic heterocycles. The van der Waals surface area contributed by atoms with Gasteiger partial charge in [-0.3, -0.25) is 4.79 Å². The first kappa shape index (κ1) is 17.7. The second-order valence-electron chi connectivity index (χ2n) is 5.61. The molecule has 1 atom stereocenters. The van der Waals surface area contributed by atoms with Crippen LogP contribution in [-0.2, 0) is 16.1 Å². The molecule has 6 nitrogen and oxygen atoms in total. The normalized spacial score (nSPS) is 13.2. The molecule has 1 amide bonds. The zero-order chi connectivity index (χ0) is 18.7. The first-order valence-electron chi connectivity index (χ1n) is 7.75. The molecule has 3 rings (SSSR count). The van der Waals surface area contributed by atoms with Gasteiger partial charge in [0.2, 0.25) is 6.79 Å². The van der Waals surface area contributed by atoms with Gasteiger partial charge < -0.3 is 19.5 Å². The van der Waals surface area contributed by atoms with E-state index >= 15 is 0 Å². The Bertz CT molecular complexity index is 835. The Hall–Kier alpha value is -3.16. The number of hydrogen-bond acceptors (Lipinski definition) is 5. The van der Waals surface area contributed by atoms with Crippen LogP contribution >= 0.6 is 0 Å². The van der Waals surface area contributed by atoms with E-state index < -0.39 is 29.6 Å². The third-order valence-corrected chi connectivity index (χ3v) is 3.66. The predicted molar refractivity (Wildman–Crippen MR) is 85.6 cm³/mol. The van der Waals surface area contributed by atoms with Gasteiger partial charge in [-0.25, -0.2) is 13.6 Å². The van der Waals surface area contributed by atoms with Gasteiger partial charge in [0.25, 0.3) is 5.91 Å². The standard InChI is InChI=1S/C18H15F2NO5/c1-10(26-18(23)12-5-13(19)7-14(20)6-12)17(22)21-8-11-2-3-15-16(4-11)25-9-24-15/h2-7,10H,8-9H2,1H3,(H,21,22). The van der Waals surface area contributed by atoms with Gasteiger partial charge >= 0.3 is 5.97 Å². The monoisotopic (exact) mass is 363 g/mol. The lowest BCUT2D eigenvalue weighted by Crippen LogP contribution is -2.35. The van der Waals surface area contributed by atoms with Crippen molar-refractivity contribution < 1.29 is 32.6 Å². The summed E-state index contributed by atoms with van der Waals surface area (Å²) in [6, 6.07) is 7.53. The van der Waals surface area contributed by atoms with Crippen molar-refractivity contribution in [2.45, 2.75) is 19.6 Å². The number of ether oxygens (including phenoxy) is 3. The van der Waals surface area contributed by atoms with Crippen molar-refractivity contribution in [3.05, 3.63) is 59.2 Å². The molecule has 2 aromatic carbocycles. The van der Waals surface area contributed by atoms with Gasteiger partial charge in [-0.15, -0.1) is 0 Å². The van der Waals surface area contributed by atoms with E-state index in [1.54, 1.807) is 18.2 Å². The summed E-state index contributed by atoms with van der Waals surface area (Å²) in [5.41, 5.74) is 0.464. The number of rotatable bonds is 5. The lowest BCUT2D eigenvalue weighted by Gasteiger charge is -2.14. The van der Waals surface area contributed by atoms with E-state index in [-0.39, 0.29) is 18.9 Å². The highest BCUT2D eigenvalue weighted by atomic mass is 19.1. The fraction of sp³-hybridized carbons (Fsp3) is 0.222. The van der Waals surface area contributed by atoms with Gasteiger partial charge in [0.05, 0.1) is 5.56 Å². The van der Waals surface area contributed by atoms with Crippen LogP contribution in [0.25, 0.3) is 0 Å². The fourth-order valence-electron chi connectivity index (χ4n) is 2.34. The summed E-state index contributed by atoms with van der Waals surface area (Å²) < 4.78 is 41.7. The van der Waals surface area contributed by atoms with Gasteiger partial charge in [-0.1, -0.05) is 6.07 Å². The van der Waals surface area contributed by atoms with Crippen molar-refractivity contribution in [1.82, 2.24) is 5.32 Å². The number of halogens is 2. The molecule has 26 heavy (non-hydrogen) atoms. The number of hydrogen-bond donors (Lipinski definition) is 1. The molecule has 2 aromatic rings. The van der Waals surface area contributed by atoms with Gasteiger partial charge in [-0.05, 0) is 36.8 Å². The van der Waals surface area contributed by atoms with Gasteiger partial charge in [0.15, 0.2) is 17.6 Å². The van der Waals surface area contributed by atoms with E-state index in [9.17, 15) is 18.4 Å². The lowest BCUT2D eigenvalue weighted by atomic mass is 10.2. The Morgan fingerprint density at radius 2 is 1.81 bits per heavy atom. The summed E-state index contributed by atoms with van der Waals surface area (Å²) in [5, 5.41) is 2.61. The van der Waals surface area contributed by atoms with Crippen molar-refractivity contribution in [2.24, 2.45) is 0 Å². The maximum atomic E-state index is 13.1. The molecule has 0 spiro atoms. The average molecular weight is 363 g/mol. The molecular formula is C18H15F2NO5. The highest BCUT2D eigenvalue weighted by Crippen LogP contribution is 2.32. The Labute approximate surface area is 147 Å². The molecule has 136 valence electrons. The van der Waals surface area contributed by atoms with Crippen LogP contribution in [0.1, 0.15) is 22.8 Å². The summed E-state index contributed by atoms with van der Waals surface area (Å²) in [6.45, 7) is 1.70. The van der Waals surface area contributed by atoms with Crippen LogP contribution < -0.4 is 14.8 Å². The SMILES string of the molecule is CC(OC(=O)c1cc(F)cc(F)c1)C(=O)NCc1ccc2c(c1)OCO2. The second kappa shape index (κ2) is 7.38. The molecule has 1 aliphatic rings. The molecule has 0 radical (unpaired) electrons. The van der Waals surface area contributed by atoms with Crippen molar-refractivity contribution in [2.75, 3.05) is 6.79 Å². The lowest BCUT2D eigenvalue weighted by molar-refractivity contribution is -0.129. The highest BCUT2D eigenvalue weighted by molar-refractivity contribution is 5.92. The van der Waals surface area contributed by atoms with Crippen LogP contribution in [-0.4, -0.2) is 24.8 Å². The Morgan fingerprint density at radius 3 is 2.54 bits per heavy atom. The van der Waals surface area contributed by atoms with Crippen molar-refractivity contribution in [3.63, 3.8) is 0 Å². The van der Waals surface area contributed by atoms with E-state index in [0.717, 1.165) is 17.7 Å². The Kier molecular flexibility index (Phi) is 5.01. The van der Waals surface area contributed by atoms with E-state index in [1.165, 1.54) is 6.92 Å². The van der Waals surface area contributed by atoms with Crippen LogP contribution in [0.2, 0.25) is 0 Å². The molecule has 8 heteroatoms. The number of amides is 1.